The van der Waals surface area contributed by atoms with Gasteiger partial charge in [0.25, 0.3) is 0 Å². The van der Waals surface area contributed by atoms with Gasteiger partial charge < -0.3 is 5.11 Å². The van der Waals surface area contributed by atoms with Crippen molar-refractivity contribution < 1.29 is 18.3 Å². The van der Waals surface area contributed by atoms with Gasteiger partial charge in [-0.25, -0.2) is 13.1 Å². The first-order valence-electron chi connectivity index (χ1n) is 9.99. The van der Waals surface area contributed by atoms with Crippen LogP contribution in [0, 0.1) is 0 Å². The third-order valence-electron chi connectivity index (χ3n) is 4.07. The predicted molar refractivity (Wildman–Crippen MR) is 119 cm³/mol. The summed E-state index contributed by atoms with van der Waals surface area (Å²) >= 11 is 4.14. The van der Waals surface area contributed by atoms with Crippen molar-refractivity contribution in [1.29, 1.82) is 0 Å². The molecule has 0 atom stereocenters. The molecule has 0 aliphatic heterocycles. The van der Waals surface area contributed by atoms with Crippen LogP contribution in [-0.2, 0) is 14.8 Å². The second kappa shape index (κ2) is 15.6. The van der Waals surface area contributed by atoms with Crippen LogP contribution in [0.15, 0.2) is 46.2 Å². The highest BCUT2D eigenvalue weighted by Crippen LogP contribution is 2.20. The minimum Gasteiger partial charge on any atom is -0.481 e. The lowest BCUT2D eigenvalue weighted by Crippen LogP contribution is -2.36. The number of hydrogen-bond acceptors (Lipinski definition) is 4. The van der Waals surface area contributed by atoms with E-state index in [-0.39, 0.29) is 12.5 Å². The van der Waals surface area contributed by atoms with Gasteiger partial charge in [-0.15, -0.1) is 12.6 Å². The number of allylic oxidation sites excluding steroid dienone is 2. The zero-order valence-corrected chi connectivity index (χ0v) is 18.9. The molecule has 0 spiro atoms. The van der Waals surface area contributed by atoms with Gasteiger partial charge in [-0.1, -0.05) is 45.3 Å². The van der Waals surface area contributed by atoms with Gasteiger partial charge in [0, 0.05) is 17.4 Å². The number of unbranched alkanes of at least 4 members (excludes halogenated alkanes) is 1. The van der Waals surface area contributed by atoms with Crippen LogP contribution >= 0.6 is 12.6 Å². The molecule has 7 heteroatoms. The molecule has 2 N–H and O–H groups in total. The van der Waals surface area contributed by atoms with Crippen LogP contribution in [-0.4, -0.2) is 25.5 Å². The van der Waals surface area contributed by atoms with E-state index in [1.165, 1.54) is 6.42 Å². The van der Waals surface area contributed by atoms with Crippen LogP contribution in [0.1, 0.15) is 72.1 Å². The molecule has 0 unspecified atom stereocenters. The Morgan fingerprint density at radius 3 is 2.25 bits per heavy atom. The Balaban J connectivity index is 0.000000566. The summed E-state index contributed by atoms with van der Waals surface area (Å²) < 4.78 is 26.9. The number of carboxylic acids is 1. The minimum absolute atomic E-state index is 0.101. The Kier molecular flexibility index (Phi) is 14.9. The average Bonchev–Trinajstić information content (AvgIpc) is 2.68. The quantitative estimate of drug-likeness (QED) is 0.306. The van der Waals surface area contributed by atoms with Crippen molar-refractivity contribution in [2.24, 2.45) is 0 Å². The lowest BCUT2D eigenvalue weighted by atomic mass is 9.96. The molecule has 1 aliphatic rings. The summed E-state index contributed by atoms with van der Waals surface area (Å²) in [4.78, 5) is 11.0. The van der Waals surface area contributed by atoms with Crippen LogP contribution in [0.25, 0.3) is 0 Å². The summed E-state index contributed by atoms with van der Waals surface area (Å²) in [7, 11) is -3.36. The lowest BCUT2D eigenvalue weighted by Gasteiger charge is -2.22. The molecule has 0 heterocycles. The molecule has 0 saturated heterocycles. The fourth-order valence-corrected chi connectivity index (χ4v) is 4.13. The van der Waals surface area contributed by atoms with Crippen LogP contribution in [0.3, 0.4) is 0 Å². The molecule has 0 radical (unpaired) electrons. The van der Waals surface area contributed by atoms with Crippen LogP contribution in [0.4, 0.5) is 0 Å². The van der Waals surface area contributed by atoms with Gasteiger partial charge in [0.2, 0.25) is 10.0 Å². The van der Waals surface area contributed by atoms with Crippen molar-refractivity contribution in [3.05, 3.63) is 36.4 Å². The number of thiol groups is 1. The first-order chi connectivity index (χ1) is 13.3. The predicted octanol–water partition coefficient (Wildman–Crippen LogP) is 5.43. The molecule has 28 heavy (non-hydrogen) atoms. The third-order valence-corrected chi connectivity index (χ3v) is 5.91. The highest BCUT2D eigenvalue weighted by Gasteiger charge is 2.21. The fourth-order valence-electron chi connectivity index (χ4n) is 2.67. The molecule has 1 aromatic carbocycles. The fraction of sp³-hybridized carbons (Fsp3) is 0.571. The number of carboxylic acid groups (broad SMARTS) is 1. The molecule has 0 bridgehead atoms. The van der Waals surface area contributed by atoms with Gasteiger partial charge in [-0.05, 0) is 56.9 Å². The summed E-state index contributed by atoms with van der Waals surface area (Å²) in [6.07, 6.45) is 11.2. The van der Waals surface area contributed by atoms with E-state index >= 15 is 0 Å². The Morgan fingerprint density at radius 1 is 1.18 bits per heavy atom. The van der Waals surface area contributed by atoms with Gasteiger partial charge in [-0.2, -0.15) is 0 Å². The molecule has 2 rings (SSSR count). The SMILES string of the molecule is C/C=C\CCCC(=O)O.CC.O=S(=O)(NC1CCCCC1)c1ccc(S)cc1. The molecule has 1 fully saturated rings. The van der Waals surface area contributed by atoms with E-state index in [9.17, 15) is 13.2 Å². The van der Waals surface area contributed by atoms with Crippen molar-refractivity contribution in [3.63, 3.8) is 0 Å². The maximum Gasteiger partial charge on any atom is 0.303 e. The van der Waals surface area contributed by atoms with Gasteiger partial charge in [0.05, 0.1) is 4.90 Å². The molecular formula is C21H35NO4S2. The van der Waals surface area contributed by atoms with E-state index in [0.717, 1.165) is 43.4 Å². The second-order valence-corrected chi connectivity index (χ2v) is 8.54. The van der Waals surface area contributed by atoms with E-state index in [1.807, 2.05) is 32.9 Å². The Hall–Kier alpha value is -1.31. The molecule has 1 aliphatic carbocycles. The lowest BCUT2D eigenvalue weighted by molar-refractivity contribution is -0.137. The summed E-state index contributed by atoms with van der Waals surface area (Å²) in [5, 5.41) is 8.19. The van der Waals surface area contributed by atoms with Gasteiger partial charge in [0.1, 0.15) is 0 Å². The smallest absolute Gasteiger partial charge is 0.303 e. The third kappa shape index (κ3) is 12.2. The normalized spacial score (nSPS) is 14.6. The molecule has 5 nitrogen and oxygen atoms in total. The van der Waals surface area contributed by atoms with Crippen molar-refractivity contribution >= 4 is 28.6 Å². The van der Waals surface area contributed by atoms with E-state index in [2.05, 4.69) is 17.4 Å². The van der Waals surface area contributed by atoms with Gasteiger partial charge in [0.15, 0.2) is 0 Å². The summed E-state index contributed by atoms with van der Waals surface area (Å²) in [6.45, 7) is 5.93. The number of sulfonamides is 1. The van der Waals surface area contributed by atoms with Gasteiger partial charge in [-0.3, -0.25) is 4.79 Å². The van der Waals surface area contributed by atoms with Crippen molar-refractivity contribution in [2.45, 2.75) is 88.0 Å². The van der Waals surface area contributed by atoms with E-state index in [1.54, 1.807) is 24.3 Å². The first kappa shape index (κ1) is 26.7. The molecule has 1 saturated carbocycles. The van der Waals surface area contributed by atoms with E-state index < -0.39 is 16.0 Å². The molecule has 0 amide bonds. The van der Waals surface area contributed by atoms with E-state index in [4.69, 9.17) is 5.11 Å². The second-order valence-electron chi connectivity index (χ2n) is 6.31. The average molecular weight is 430 g/mol. The summed E-state index contributed by atoms with van der Waals surface area (Å²) in [6, 6.07) is 6.67. The van der Waals surface area contributed by atoms with Gasteiger partial charge >= 0.3 is 5.97 Å². The Bertz CT molecular complexity index is 664. The largest absolute Gasteiger partial charge is 0.481 e. The molecule has 0 aromatic heterocycles. The van der Waals surface area contributed by atoms with Crippen molar-refractivity contribution in [2.75, 3.05) is 0 Å². The topological polar surface area (TPSA) is 83.5 Å². The molecule has 160 valence electrons. The summed E-state index contributed by atoms with van der Waals surface area (Å²) in [5.74, 6) is -0.709. The number of aliphatic carboxylic acids is 1. The molecular weight excluding hydrogens is 394 g/mol. The number of hydrogen-bond donors (Lipinski definition) is 3. The number of rotatable bonds is 7. The first-order valence-corrected chi connectivity index (χ1v) is 11.9. The zero-order valence-electron chi connectivity index (χ0n) is 17.2. The maximum absolute atomic E-state index is 12.1. The number of nitrogens with one attached hydrogen (secondary N) is 1. The standard InChI is InChI=1S/C12H17NO2S2.C7H12O2.C2H6/c14-17(15,12-8-6-11(16)7-9-12)13-10-4-2-1-3-5-10;1-2-3-4-5-6-7(8)9;1-2/h6-10,13,16H,1-5H2;2-3H,4-6H2,1H3,(H,8,9);1-2H3/b;3-2-;. The highest BCUT2D eigenvalue weighted by atomic mass is 32.2. The van der Waals surface area contributed by atoms with Crippen LogP contribution < -0.4 is 4.72 Å². The maximum atomic E-state index is 12.1. The number of carbonyl (C=O) groups is 1. The number of benzene rings is 1. The monoisotopic (exact) mass is 429 g/mol. The zero-order chi connectivity index (χ0) is 21.4. The van der Waals surface area contributed by atoms with Crippen LogP contribution in [0.2, 0.25) is 0 Å². The Labute approximate surface area is 176 Å². The van der Waals surface area contributed by atoms with Crippen molar-refractivity contribution in [3.8, 4) is 0 Å². The van der Waals surface area contributed by atoms with Crippen molar-refractivity contribution in [1.82, 2.24) is 4.72 Å². The molecule has 1 aromatic rings. The van der Waals surface area contributed by atoms with Crippen LogP contribution in [0.5, 0.6) is 0 Å². The summed E-state index contributed by atoms with van der Waals surface area (Å²) in [5.41, 5.74) is 0. The Morgan fingerprint density at radius 2 is 1.75 bits per heavy atom. The van der Waals surface area contributed by atoms with E-state index in [0.29, 0.717) is 4.90 Å². The minimum atomic E-state index is -3.36. The highest BCUT2D eigenvalue weighted by molar-refractivity contribution is 7.89.